The van der Waals surface area contributed by atoms with Crippen molar-refractivity contribution in [2.24, 2.45) is 0 Å². The van der Waals surface area contributed by atoms with E-state index in [-0.39, 0.29) is 5.82 Å². The quantitative estimate of drug-likeness (QED) is 0.900. The van der Waals surface area contributed by atoms with Gasteiger partial charge in [-0.05, 0) is 35.9 Å². The summed E-state index contributed by atoms with van der Waals surface area (Å²) in [6, 6.07) is 9.69. The first kappa shape index (κ1) is 14.5. The Morgan fingerprint density at radius 3 is 2.60 bits per heavy atom. The molecule has 0 radical (unpaired) electrons. The Bertz CT molecular complexity index is 604. The Balaban J connectivity index is 2.19. The van der Waals surface area contributed by atoms with Crippen LogP contribution in [-0.2, 0) is 6.54 Å². The molecule has 0 aliphatic rings. The summed E-state index contributed by atoms with van der Waals surface area (Å²) in [6.07, 6.45) is 0. The van der Waals surface area contributed by atoms with E-state index in [1.165, 1.54) is 18.2 Å². The summed E-state index contributed by atoms with van der Waals surface area (Å²) >= 11 is 6.03. The third-order valence-corrected chi connectivity index (χ3v) is 3.25. The van der Waals surface area contributed by atoms with Crippen molar-refractivity contribution in [1.82, 2.24) is 0 Å². The molecule has 0 aliphatic heterocycles. The average molecular weight is 296 g/mol. The van der Waals surface area contributed by atoms with E-state index in [1.807, 2.05) is 6.07 Å². The van der Waals surface area contributed by atoms with E-state index in [0.29, 0.717) is 28.6 Å². The largest absolute Gasteiger partial charge is 0.497 e. The Labute approximate surface area is 122 Å². The lowest BCUT2D eigenvalue weighted by molar-refractivity contribution is 0.404. The summed E-state index contributed by atoms with van der Waals surface area (Å²) < 4.78 is 23.6. The number of ether oxygens (including phenoxy) is 2. The number of methoxy groups -OCH3 is 2. The highest BCUT2D eigenvalue weighted by Crippen LogP contribution is 2.29. The average Bonchev–Trinajstić information content (AvgIpc) is 2.47. The van der Waals surface area contributed by atoms with Gasteiger partial charge in [-0.3, -0.25) is 0 Å². The van der Waals surface area contributed by atoms with E-state index in [1.54, 1.807) is 26.4 Å². The Morgan fingerprint density at radius 2 is 1.90 bits per heavy atom. The molecule has 0 aliphatic carbocycles. The number of benzene rings is 2. The second-order valence-corrected chi connectivity index (χ2v) is 4.56. The van der Waals surface area contributed by atoms with Gasteiger partial charge in [-0.15, -0.1) is 0 Å². The first-order valence-electron chi connectivity index (χ1n) is 6.04. The number of hydrogen-bond donors (Lipinski definition) is 1. The van der Waals surface area contributed by atoms with Crippen molar-refractivity contribution in [2.75, 3.05) is 19.5 Å². The molecular weight excluding hydrogens is 281 g/mol. The van der Waals surface area contributed by atoms with Gasteiger partial charge in [-0.25, -0.2) is 4.39 Å². The van der Waals surface area contributed by atoms with E-state index in [9.17, 15) is 4.39 Å². The van der Waals surface area contributed by atoms with Crippen LogP contribution in [0.15, 0.2) is 36.4 Å². The number of anilines is 1. The highest BCUT2D eigenvalue weighted by molar-refractivity contribution is 6.31. The molecule has 0 bridgehead atoms. The van der Waals surface area contributed by atoms with Gasteiger partial charge in [0.2, 0.25) is 0 Å². The van der Waals surface area contributed by atoms with Gasteiger partial charge in [-0.1, -0.05) is 11.6 Å². The van der Waals surface area contributed by atoms with E-state index in [4.69, 9.17) is 21.1 Å². The van der Waals surface area contributed by atoms with Crippen LogP contribution in [-0.4, -0.2) is 14.2 Å². The monoisotopic (exact) mass is 295 g/mol. The van der Waals surface area contributed by atoms with Crippen molar-refractivity contribution < 1.29 is 13.9 Å². The fourth-order valence-electron chi connectivity index (χ4n) is 1.82. The maximum atomic E-state index is 13.2. The molecule has 1 N–H and O–H groups in total. The van der Waals surface area contributed by atoms with Gasteiger partial charge < -0.3 is 14.8 Å². The summed E-state index contributed by atoms with van der Waals surface area (Å²) in [5, 5.41) is 3.68. The van der Waals surface area contributed by atoms with Crippen LogP contribution in [0, 0.1) is 5.82 Å². The van der Waals surface area contributed by atoms with Crippen LogP contribution in [0.4, 0.5) is 10.1 Å². The Morgan fingerprint density at radius 1 is 1.10 bits per heavy atom. The molecular formula is C15H15ClFNO2. The first-order valence-corrected chi connectivity index (χ1v) is 6.41. The first-order chi connectivity index (χ1) is 9.63. The topological polar surface area (TPSA) is 30.5 Å². The number of nitrogens with one attached hydrogen (secondary N) is 1. The van der Waals surface area contributed by atoms with Crippen LogP contribution in [0.1, 0.15) is 5.56 Å². The normalized spacial score (nSPS) is 10.2. The minimum Gasteiger partial charge on any atom is -0.497 e. The summed E-state index contributed by atoms with van der Waals surface area (Å²) in [7, 11) is 3.18. The standard InChI is InChI=1S/C15H15ClFNO2/c1-19-12-4-6-15(20-2)14(8-12)18-9-10-7-11(17)3-5-13(10)16/h3-8,18H,9H2,1-2H3. The fourth-order valence-corrected chi connectivity index (χ4v) is 2.01. The zero-order valence-corrected chi connectivity index (χ0v) is 12.0. The molecule has 5 heteroatoms. The van der Waals surface area contributed by atoms with Crippen molar-refractivity contribution in [1.29, 1.82) is 0 Å². The molecule has 0 aromatic heterocycles. The molecule has 2 aromatic rings. The molecule has 106 valence electrons. The molecule has 0 atom stereocenters. The van der Waals surface area contributed by atoms with Gasteiger partial charge in [-0.2, -0.15) is 0 Å². The molecule has 2 rings (SSSR count). The minimum atomic E-state index is -0.316. The zero-order chi connectivity index (χ0) is 14.5. The maximum absolute atomic E-state index is 13.2. The van der Waals surface area contributed by atoms with E-state index in [2.05, 4.69) is 5.32 Å². The van der Waals surface area contributed by atoms with Crippen molar-refractivity contribution in [3.63, 3.8) is 0 Å². The molecule has 0 spiro atoms. The molecule has 20 heavy (non-hydrogen) atoms. The number of halogens is 2. The lowest BCUT2D eigenvalue weighted by atomic mass is 10.2. The lowest BCUT2D eigenvalue weighted by Gasteiger charge is -2.13. The van der Waals surface area contributed by atoms with Crippen LogP contribution in [0.5, 0.6) is 11.5 Å². The van der Waals surface area contributed by atoms with E-state index >= 15 is 0 Å². The van der Waals surface area contributed by atoms with Gasteiger partial charge in [0.1, 0.15) is 17.3 Å². The van der Waals surface area contributed by atoms with Crippen molar-refractivity contribution in [3.8, 4) is 11.5 Å². The fraction of sp³-hybridized carbons (Fsp3) is 0.200. The Kier molecular flexibility index (Phi) is 4.69. The van der Waals surface area contributed by atoms with Gasteiger partial charge in [0.15, 0.2) is 0 Å². The van der Waals surface area contributed by atoms with Crippen molar-refractivity contribution in [3.05, 3.63) is 52.8 Å². The Hall–Kier alpha value is -1.94. The zero-order valence-electron chi connectivity index (χ0n) is 11.2. The summed E-state index contributed by atoms with van der Waals surface area (Å²) in [6.45, 7) is 0.389. The second-order valence-electron chi connectivity index (χ2n) is 4.16. The summed E-state index contributed by atoms with van der Waals surface area (Å²) in [4.78, 5) is 0. The van der Waals surface area contributed by atoms with Crippen LogP contribution < -0.4 is 14.8 Å². The highest BCUT2D eigenvalue weighted by atomic mass is 35.5. The maximum Gasteiger partial charge on any atom is 0.142 e. The van der Waals surface area contributed by atoms with Gasteiger partial charge in [0.25, 0.3) is 0 Å². The SMILES string of the molecule is COc1ccc(OC)c(NCc2cc(F)ccc2Cl)c1. The molecule has 0 unspecified atom stereocenters. The van der Waals surface area contributed by atoms with E-state index in [0.717, 1.165) is 5.69 Å². The third-order valence-electron chi connectivity index (χ3n) is 2.88. The predicted octanol–water partition coefficient (Wildman–Crippen LogP) is 4.11. The van der Waals surface area contributed by atoms with Gasteiger partial charge in [0.05, 0.1) is 19.9 Å². The second kappa shape index (κ2) is 6.48. The van der Waals surface area contributed by atoms with Crippen LogP contribution >= 0.6 is 11.6 Å². The van der Waals surface area contributed by atoms with Crippen LogP contribution in [0.25, 0.3) is 0 Å². The molecule has 0 fully saturated rings. The van der Waals surface area contributed by atoms with E-state index < -0.39 is 0 Å². The van der Waals surface area contributed by atoms with Crippen LogP contribution in [0.2, 0.25) is 5.02 Å². The number of rotatable bonds is 5. The lowest BCUT2D eigenvalue weighted by Crippen LogP contribution is -2.02. The third kappa shape index (κ3) is 3.33. The smallest absolute Gasteiger partial charge is 0.142 e. The van der Waals surface area contributed by atoms with Crippen molar-refractivity contribution in [2.45, 2.75) is 6.54 Å². The van der Waals surface area contributed by atoms with Gasteiger partial charge >= 0.3 is 0 Å². The summed E-state index contributed by atoms with van der Waals surface area (Å²) in [5.74, 6) is 1.07. The number of hydrogen-bond acceptors (Lipinski definition) is 3. The van der Waals surface area contributed by atoms with Crippen molar-refractivity contribution >= 4 is 17.3 Å². The molecule has 2 aromatic carbocycles. The minimum absolute atomic E-state index is 0.316. The predicted molar refractivity (Wildman–Crippen MR) is 78.3 cm³/mol. The molecule has 0 saturated carbocycles. The van der Waals surface area contributed by atoms with Gasteiger partial charge in [0, 0.05) is 17.6 Å². The molecule has 0 amide bonds. The highest BCUT2D eigenvalue weighted by Gasteiger charge is 2.07. The summed E-state index contributed by atoms with van der Waals surface area (Å²) in [5.41, 5.74) is 1.43. The molecule has 3 nitrogen and oxygen atoms in total. The molecule has 0 saturated heterocycles. The molecule has 0 heterocycles. The van der Waals surface area contributed by atoms with Crippen LogP contribution in [0.3, 0.4) is 0 Å².